The van der Waals surface area contributed by atoms with Crippen molar-refractivity contribution in [2.75, 3.05) is 31.1 Å². The van der Waals surface area contributed by atoms with Gasteiger partial charge in [-0.3, -0.25) is 4.79 Å². The fraction of sp³-hybridized carbons (Fsp3) is 0.450. The Morgan fingerprint density at radius 2 is 1.62 bits per heavy atom. The molecule has 29 heavy (non-hydrogen) atoms. The predicted molar refractivity (Wildman–Crippen MR) is 99.7 cm³/mol. The second-order valence-electron chi connectivity index (χ2n) is 7.63. The standard InChI is InChI=1S/C20H21F3N4O2/c1-12-7-13(2)25-19(24-12)27-10-14-8-26(9-15(14)11-27)18(28)16-5-3-4-6-17(16)29-20(21,22)23/h3-7,14-15H,8-11H2,1-2H3. The largest absolute Gasteiger partial charge is 0.573 e. The Hall–Kier alpha value is -2.84. The average molecular weight is 406 g/mol. The molecule has 2 aliphatic heterocycles. The molecule has 2 saturated heterocycles. The van der Waals surface area contributed by atoms with E-state index in [2.05, 4.69) is 19.6 Å². The lowest BCUT2D eigenvalue weighted by molar-refractivity contribution is -0.274. The van der Waals surface area contributed by atoms with Gasteiger partial charge >= 0.3 is 6.36 Å². The maximum Gasteiger partial charge on any atom is 0.573 e. The van der Waals surface area contributed by atoms with E-state index in [-0.39, 0.29) is 17.4 Å². The van der Waals surface area contributed by atoms with Gasteiger partial charge in [0.15, 0.2) is 0 Å². The molecule has 4 rings (SSSR count). The molecule has 9 heteroatoms. The predicted octanol–water partition coefficient (Wildman–Crippen LogP) is 3.20. The molecule has 2 aliphatic rings. The molecule has 3 heterocycles. The lowest BCUT2D eigenvalue weighted by Gasteiger charge is -2.23. The maximum absolute atomic E-state index is 12.9. The molecule has 1 aromatic carbocycles. The van der Waals surface area contributed by atoms with Gasteiger partial charge in [0.05, 0.1) is 5.56 Å². The van der Waals surface area contributed by atoms with Gasteiger partial charge in [0.2, 0.25) is 5.95 Å². The molecule has 0 bridgehead atoms. The first-order chi connectivity index (χ1) is 13.7. The number of aromatic nitrogens is 2. The number of hydrogen-bond donors (Lipinski definition) is 0. The summed E-state index contributed by atoms with van der Waals surface area (Å²) in [6.07, 6.45) is -4.84. The van der Waals surface area contributed by atoms with Gasteiger partial charge in [0.25, 0.3) is 5.91 Å². The van der Waals surface area contributed by atoms with Crippen LogP contribution in [0.2, 0.25) is 0 Å². The van der Waals surface area contributed by atoms with Crippen LogP contribution >= 0.6 is 0 Å². The first kappa shape index (κ1) is 19.5. The van der Waals surface area contributed by atoms with E-state index >= 15 is 0 Å². The van der Waals surface area contributed by atoms with Crippen molar-refractivity contribution >= 4 is 11.9 Å². The number of rotatable bonds is 3. The minimum absolute atomic E-state index is 0.0701. The molecular formula is C20H21F3N4O2. The minimum atomic E-state index is -4.84. The van der Waals surface area contributed by atoms with Crippen molar-refractivity contribution in [3.05, 3.63) is 47.3 Å². The van der Waals surface area contributed by atoms with E-state index in [1.54, 1.807) is 4.90 Å². The summed E-state index contributed by atoms with van der Waals surface area (Å²) in [5, 5.41) is 0. The summed E-state index contributed by atoms with van der Waals surface area (Å²) in [6, 6.07) is 7.40. The van der Waals surface area contributed by atoms with Crippen molar-refractivity contribution in [3.8, 4) is 5.75 Å². The summed E-state index contributed by atoms with van der Waals surface area (Å²) in [6.45, 7) is 6.28. The number of alkyl halides is 3. The number of amides is 1. The zero-order chi connectivity index (χ0) is 20.8. The molecule has 2 unspecified atom stereocenters. The quantitative estimate of drug-likeness (QED) is 0.784. The Kier molecular flexibility index (Phi) is 4.84. The van der Waals surface area contributed by atoms with Gasteiger partial charge in [0, 0.05) is 49.4 Å². The van der Waals surface area contributed by atoms with Gasteiger partial charge in [-0.05, 0) is 32.0 Å². The monoisotopic (exact) mass is 406 g/mol. The number of anilines is 1. The van der Waals surface area contributed by atoms with Crippen molar-refractivity contribution in [1.82, 2.24) is 14.9 Å². The average Bonchev–Trinajstić information content (AvgIpc) is 3.18. The normalized spacial score (nSPS) is 21.4. The van der Waals surface area contributed by atoms with Crippen LogP contribution in [0.15, 0.2) is 30.3 Å². The number of ether oxygens (including phenoxy) is 1. The third kappa shape index (κ3) is 4.13. The summed E-state index contributed by atoms with van der Waals surface area (Å²) in [4.78, 5) is 25.6. The number of likely N-dealkylation sites (tertiary alicyclic amines) is 1. The van der Waals surface area contributed by atoms with Crippen molar-refractivity contribution in [3.63, 3.8) is 0 Å². The third-order valence-corrected chi connectivity index (χ3v) is 5.37. The van der Waals surface area contributed by atoms with Crippen LogP contribution in [0.3, 0.4) is 0 Å². The summed E-state index contributed by atoms with van der Waals surface area (Å²) < 4.78 is 42.0. The number of para-hydroxylation sites is 1. The van der Waals surface area contributed by atoms with Crippen molar-refractivity contribution < 1.29 is 22.7 Å². The summed E-state index contributed by atoms with van der Waals surface area (Å²) >= 11 is 0. The molecule has 0 spiro atoms. The zero-order valence-corrected chi connectivity index (χ0v) is 16.1. The summed E-state index contributed by atoms with van der Waals surface area (Å²) in [7, 11) is 0. The molecule has 2 atom stereocenters. The number of carbonyl (C=O) groups excluding carboxylic acids is 1. The number of hydrogen-bond acceptors (Lipinski definition) is 5. The van der Waals surface area contributed by atoms with Gasteiger partial charge in [0.1, 0.15) is 5.75 Å². The van der Waals surface area contributed by atoms with Crippen molar-refractivity contribution in [2.45, 2.75) is 20.2 Å². The molecule has 0 radical (unpaired) electrons. The summed E-state index contributed by atoms with van der Waals surface area (Å²) in [5.74, 6) is 0.262. The highest BCUT2D eigenvalue weighted by atomic mass is 19.4. The molecule has 1 aromatic heterocycles. The van der Waals surface area contributed by atoms with Gasteiger partial charge in [-0.15, -0.1) is 13.2 Å². The highest BCUT2D eigenvalue weighted by Gasteiger charge is 2.43. The van der Waals surface area contributed by atoms with E-state index in [0.29, 0.717) is 19.0 Å². The topological polar surface area (TPSA) is 58.6 Å². The third-order valence-electron chi connectivity index (χ3n) is 5.37. The summed E-state index contributed by atoms with van der Waals surface area (Å²) in [5.41, 5.74) is 1.74. The van der Waals surface area contributed by atoms with Crippen LogP contribution in [-0.2, 0) is 0 Å². The van der Waals surface area contributed by atoms with E-state index in [1.807, 2.05) is 19.9 Å². The van der Waals surface area contributed by atoms with Crippen LogP contribution in [0.25, 0.3) is 0 Å². The first-order valence-electron chi connectivity index (χ1n) is 9.41. The van der Waals surface area contributed by atoms with E-state index in [4.69, 9.17) is 0 Å². The fourth-order valence-corrected chi connectivity index (χ4v) is 4.20. The van der Waals surface area contributed by atoms with Gasteiger partial charge in [-0.2, -0.15) is 0 Å². The lowest BCUT2D eigenvalue weighted by atomic mass is 10.0. The van der Waals surface area contributed by atoms with E-state index in [9.17, 15) is 18.0 Å². The van der Waals surface area contributed by atoms with Crippen molar-refractivity contribution in [2.24, 2.45) is 11.8 Å². The maximum atomic E-state index is 12.9. The highest BCUT2D eigenvalue weighted by molar-refractivity contribution is 5.97. The molecule has 0 aliphatic carbocycles. The molecular weight excluding hydrogens is 385 g/mol. The Balaban J connectivity index is 1.45. The first-order valence-corrected chi connectivity index (χ1v) is 9.41. The smallest absolute Gasteiger partial charge is 0.405 e. The molecule has 0 saturated carbocycles. The number of halogens is 3. The molecule has 2 fully saturated rings. The Morgan fingerprint density at radius 1 is 1.03 bits per heavy atom. The molecule has 154 valence electrons. The number of benzene rings is 1. The molecule has 6 nitrogen and oxygen atoms in total. The minimum Gasteiger partial charge on any atom is -0.405 e. The van der Waals surface area contributed by atoms with Crippen molar-refractivity contribution in [1.29, 1.82) is 0 Å². The second kappa shape index (κ2) is 7.20. The SMILES string of the molecule is Cc1cc(C)nc(N2CC3CN(C(=O)c4ccccc4OC(F)(F)F)CC3C2)n1. The van der Waals surface area contributed by atoms with E-state index in [0.717, 1.165) is 30.5 Å². The Bertz CT molecular complexity index is 900. The van der Waals surface area contributed by atoms with Crippen LogP contribution in [0, 0.1) is 25.7 Å². The van der Waals surface area contributed by atoms with E-state index < -0.39 is 18.0 Å². The van der Waals surface area contributed by atoms with Gasteiger partial charge in [-0.1, -0.05) is 12.1 Å². The zero-order valence-electron chi connectivity index (χ0n) is 16.1. The number of fused-ring (bicyclic) bond motifs is 1. The molecule has 1 amide bonds. The van der Waals surface area contributed by atoms with Crippen LogP contribution in [0.1, 0.15) is 21.7 Å². The van der Waals surface area contributed by atoms with Crippen LogP contribution < -0.4 is 9.64 Å². The number of carbonyl (C=O) groups is 1. The fourth-order valence-electron chi connectivity index (χ4n) is 4.20. The van der Waals surface area contributed by atoms with Crippen LogP contribution in [0.5, 0.6) is 5.75 Å². The highest BCUT2D eigenvalue weighted by Crippen LogP contribution is 2.35. The van der Waals surface area contributed by atoms with Gasteiger partial charge < -0.3 is 14.5 Å². The van der Waals surface area contributed by atoms with Crippen LogP contribution in [-0.4, -0.2) is 53.3 Å². The lowest BCUT2D eigenvalue weighted by Crippen LogP contribution is -2.34. The van der Waals surface area contributed by atoms with Gasteiger partial charge in [-0.25, -0.2) is 9.97 Å². The Morgan fingerprint density at radius 3 is 2.21 bits per heavy atom. The second-order valence-corrected chi connectivity index (χ2v) is 7.63. The molecule has 2 aromatic rings. The Labute approximate surface area is 166 Å². The van der Waals surface area contributed by atoms with Crippen LogP contribution in [0.4, 0.5) is 19.1 Å². The molecule has 0 N–H and O–H groups in total. The number of aryl methyl sites for hydroxylation is 2. The number of nitrogens with zero attached hydrogens (tertiary/aromatic N) is 4. The van der Waals surface area contributed by atoms with E-state index in [1.165, 1.54) is 18.2 Å².